The number of benzene rings is 2. The smallest absolute Gasteiger partial charge is 0.360 e. The van der Waals surface area contributed by atoms with Crippen LogP contribution in [0.15, 0.2) is 60.7 Å². The van der Waals surface area contributed by atoms with E-state index in [2.05, 4.69) is 10.3 Å². The molecule has 0 saturated carbocycles. The summed E-state index contributed by atoms with van der Waals surface area (Å²) in [6.45, 7) is 6.33. The summed E-state index contributed by atoms with van der Waals surface area (Å²) >= 11 is 0. The zero-order valence-electron chi connectivity index (χ0n) is 20.0. The van der Waals surface area contributed by atoms with Crippen LogP contribution in [0.5, 0.6) is 0 Å². The molecule has 2 aliphatic heterocycles. The van der Waals surface area contributed by atoms with Crippen LogP contribution in [0.4, 0.5) is 0 Å². The van der Waals surface area contributed by atoms with Crippen molar-refractivity contribution in [2.75, 3.05) is 6.61 Å². The van der Waals surface area contributed by atoms with Gasteiger partial charge in [0.25, 0.3) is 0 Å². The van der Waals surface area contributed by atoms with E-state index in [0.29, 0.717) is 18.8 Å². The van der Waals surface area contributed by atoms with Gasteiger partial charge >= 0.3 is 5.97 Å². The molecule has 3 aromatic rings. The van der Waals surface area contributed by atoms with Crippen molar-refractivity contribution in [3.63, 3.8) is 0 Å². The van der Waals surface area contributed by atoms with Gasteiger partial charge in [0.1, 0.15) is 24.9 Å². The molecule has 2 fully saturated rings. The van der Waals surface area contributed by atoms with Gasteiger partial charge in [-0.05, 0) is 31.9 Å². The molecule has 1 aromatic heterocycles. The maximum Gasteiger partial charge on any atom is 0.360 e. The van der Waals surface area contributed by atoms with Crippen molar-refractivity contribution in [2.24, 2.45) is 0 Å². The van der Waals surface area contributed by atoms with Crippen molar-refractivity contribution in [1.29, 1.82) is 0 Å². The molecule has 2 saturated heterocycles. The molecule has 0 amide bonds. The van der Waals surface area contributed by atoms with Crippen molar-refractivity contribution >= 4 is 5.97 Å². The van der Waals surface area contributed by atoms with Gasteiger partial charge in [0.15, 0.2) is 17.8 Å². The second-order valence-corrected chi connectivity index (χ2v) is 9.17. The first-order valence-corrected chi connectivity index (χ1v) is 11.7. The van der Waals surface area contributed by atoms with Crippen LogP contribution in [0, 0.1) is 6.92 Å². The van der Waals surface area contributed by atoms with Crippen LogP contribution < -0.4 is 0 Å². The minimum Gasteiger partial charge on any atom is -0.458 e. The normalized spacial score (nSPS) is 24.9. The molecule has 0 unspecified atom stereocenters. The number of rotatable bonds is 8. The van der Waals surface area contributed by atoms with Gasteiger partial charge in [0.2, 0.25) is 0 Å². The second-order valence-electron chi connectivity index (χ2n) is 9.17. The van der Waals surface area contributed by atoms with E-state index in [1.54, 1.807) is 11.6 Å². The third-order valence-corrected chi connectivity index (χ3v) is 6.10. The van der Waals surface area contributed by atoms with Gasteiger partial charge in [0, 0.05) is 0 Å². The Kier molecular flexibility index (Phi) is 6.66. The molecular weight excluding hydrogens is 450 g/mol. The quantitative estimate of drug-likeness (QED) is 0.455. The molecule has 0 spiro atoms. The summed E-state index contributed by atoms with van der Waals surface area (Å²) < 4.78 is 31.4. The fraction of sp³-hybridized carbons (Fsp3) is 0.423. The Bertz CT molecular complexity index is 1150. The van der Waals surface area contributed by atoms with E-state index in [0.717, 1.165) is 11.1 Å². The lowest BCUT2D eigenvalue weighted by Crippen LogP contribution is -2.39. The van der Waals surface area contributed by atoms with Crippen LogP contribution in [-0.4, -0.2) is 58.0 Å². The van der Waals surface area contributed by atoms with Gasteiger partial charge in [-0.15, -0.1) is 5.10 Å². The lowest BCUT2D eigenvalue weighted by molar-refractivity contribution is -0.222. The minimum absolute atomic E-state index is 0.0244. The number of esters is 1. The zero-order valence-corrected chi connectivity index (χ0v) is 20.0. The largest absolute Gasteiger partial charge is 0.458 e. The molecule has 0 radical (unpaired) electrons. The maximum atomic E-state index is 12.8. The SMILES string of the molecule is Cc1c(C(=O)OC[C@H]2O[C@@H]3OC(C)(C)O[C@@H]3[C@H]2OCc2ccccc2)nnn1Cc1ccccc1. The van der Waals surface area contributed by atoms with E-state index in [9.17, 15) is 4.79 Å². The molecule has 35 heavy (non-hydrogen) atoms. The summed E-state index contributed by atoms with van der Waals surface area (Å²) in [5.41, 5.74) is 2.89. The molecule has 0 N–H and O–H groups in total. The lowest BCUT2D eigenvalue weighted by Gasteiger charge is -2.25. The number of carbonyl (C=O) groups excluding carboxylic acids is 1. The van der Waals surface area contributed by atoms with Crippen LogP contribution >= 0.6 is 0 Å². The second kappa shape index (κ2) is 9.87. The van der Waals surface area contributed by atoms with Crippen molar-refractivity contribution in [3.8, 4) is 0 Å². The molecule has 2 aromatic carbocycles. The molecule has 3 heterocycles. The first-order chi connectivity index (χ1) is 16.9. The van der Waals surface area contributed by atoms with Gasteiger partial charge in [-0.3, -0.25) is 0 Å². The summed E-state index contributed by atoms with van der Waals surface area (Å²) in [6.07, 6.45) is -2.04. The van der Waals surface area contributed by atoms with Crippen LogP contribution in [0.25, 0.3) is 0 Å². The monoisotopic (exact) mass is 479 g/mol. The predicted octanol–water partition coefficient (Wildman–Crippen LogP) is 3.25. The molecule has 184 valence electrons. The topological polar surface area (TPSA) is 93.9 Å². The Balaban J connectivity index is 1.23. The number of carbonyl (C=O) groups is 1. The molecule has 2 aliphatic rings. The van der Waals surface area contributed by atoms with E-state index >= 15 is 0 Å². The highest BCUT2D eigenvalue weighted by Gasteiger charge is 2.55. The van der Waals surface area contributed by atoms with Crippen molar-refractivity contribution < 1.29 is 28.5 Å². The average molecular weight is 480 g/mol. The summed E-state index contributed by atoms with van der Waals surface area (Å²) in [6, 6.07) is 19.7. The van der Waals surface area contributed by atoms with E-state index in [-0.39, 0.29) is 12.3 Å². The van der Waals surface area contributed by atoms with Gasteiger partial charge in [-0.2, -0.15) is 0 Å². The number of hydrogen-bond acceptors (Lipinski definition) is 8. The van der Waals surface area contributed by atoms with Gasteiger partial charge in [-0.25, -0.2) is 9.48 Å². The highest BCUT2D eigenvalue weighted by atomic mass is 16.8. The number of hydrogen-bond donors (Lipinski definition) is 0. The predicted molar refractivity (Wildman–Crippen MR) is 124 cm³/mol. The third-order valence-electron chi connectivity index (χ3n) is 6.10. The lowest BCUT2D eigenvalue weighted by atomic mass is 10.1. The van der Waals surface area contributed by atoms with E-state index < -0.39 is 36.4 Å². The summed E-state index contributed by atoms with van der Waals surface area (Å²) in [5.74, 6) is -1.34. The van der Waals surface area contributed by atoms with E-state index in [1.165, 1.54) is 0 Å². The molecule has 0 aliphatic carbocycles. The fourth-order valence-electron chi connectivity index (χ4n) is 4.33. The summed E-state index contributed by atoms with van der Waals surface area (Å²) in [7, 11) is 0. The van der Waals surface area contributed by atoms with Crippen molar-refractivity contribution in [1.82, 2.24) is 15.0 Å². The Morgan fingerprint density at radius 2 is 1.71 bits per heavy atom. The van der Waals surface area contributed by atoms with Crippen molar-refractivity contribution in [2.45, 2.75) is 64.3 Å². The Morgan fingerprint density at radius 1 is 1.03 bits per heavy atom. The zero-order chi connectivity index (χ0) is 24.4. The Labute approximate surface area is 203 Å². The molecule has 9 nitrogen and oxygen atoms in total. The first kappa shape index (κ1) is 23.6. The molecular formula is C26H29N3O6. The summed E-state index contributed by atoms with van der Waals surface area (Å²) in [5, 5.41) is 8.17. The number of fused-ring (bicyclic) bond motifs is 1. The average Bonchev–Trinajstić information content (AvgIpc) is 3.46. The number of ether oxygens (including phenoxy) is 5. The van der Waals surface area contributed by atoms with Crippen molar-refractivity contribution in [3.05, 3.63) is 83.2 Å². The van der Waals surface area contributed by atoms with Gasteiger partial charge in [0.05, 0.1) is 18.8 Å². The van der Waals surface area contributed by atoms with Gasteiger partial charge < -0.3 is 23.7 Å². The summed E-state index contributed by atoms with van der Waals surface area (Å²) in [4.78, 5) is 12.8. The highest BCUT2D eigenvalue weighted by Crippen LogP contribution is 2.39. The van der Waals surface area contributed by atoms with Crippen LogP contribution in [0.1, 0.15) is 41.2 Å². The van der Waals surface area contributed by atoms with Gasteiger partial charge in [-0.1, -0.05) is 65.9 Å². The van der Waals surface area contributed by atoms with Crippen LogP contribution in [-0.2, 0) is 36.8 Å². The Morgan fingerprint density at radius 3 is 2.43 bits per heavy atom. The number of aromatic nitrogens is 3. The fourth-order valence-corrected chi connectivity index (χ4v) is 4.33. The Hall–Kier alpha value is -3.11. The van der Waals surface area contributed by atoms with E-state index in [1.807, 2.05) is 74.5 Å². The van der Waals surface area contributed by atoms with Crippen LogP contribution in [0.2, 0.25) is 0 Å². The molecule has 5 rings (SSSR count). The maximum absolute atomic E-state index is 12.8. The minimum atomic E-state index is -0.778. The molecule has 0 bridgehead atoms. The molecule has 4 atom stereocenters. The van der Waals surface area contributed by atoms with Crippen LogP contribution in [0.3, 0.4) is 0 Å². The molecule has 9 heteroatoms. The third kappa shape index (κ3) is 5.28. The van der Waals surface area contributed by atoms with E-state index in [4.69, 9.17) is 23.7 Å². The standard InChI is InChI=1S/C26H29N3O6/c1-17-21(27-28-29(17)14-18-10-6-4-7-11-18)24(30)32-16-20-22(31-15-19-12-8-5-9-13-19)23-25(33-20)35-26(2,3)34-23/h4-13,20,22-23,25H,14-16H2,1-3H3/t20-,22+,23-,25-/m1/s1. The highest BCUT2D eigenvalue weighted by molar-refractivity contribution is 5.88. The first-order valence-electron chi connectivity index (χ1n) is 11.7. The number of nitrogens with zero attached hydrogens (tertiary/aromatic N) is 3.